The Morgan fingerprint density at radius 3 is 2.55 bits per heavy atom. The number of carbonyl (C=O) groups is 2. The second kappa shape index (κ2) is 8.61. The summed E-state index contributed by atoms with van der Waals surface area (Å²) in [7, 11) is 0. The van der Waals surface area contributed by atoms with Gasteiger partial charge in [-0.05, 0) is 42.7 Å². The van der Waals surface area contributed by atoms with Crippen LogP contribution in [0, 0.1) is 0 Å². The maximum atomic E-state index is 12.5. The van der Waals surface area contributed by atoms with Crippen molar-refractivity contribution in [3.63, 3.8) is 0 Å². The Hall–Kier alpha value is -2.93. The lowest BCUT2D eigenvalue weighted by Gasteiger charge is -2.15. The summed E-state index contributed by atoms with van der Waals surface area (Å²) in [6.07, 6.45) is 2.48. The number of benzene rings is 2. The Morgan fingerprint density at radius 1 is 1.14 bits per heavy atom. The van der Waals surface area contributed by atoms with Crippen LogP contribution in [0.2, 0.25) is 0 Å². The third-order valence-electron chi connectivity index (χ3n) is 5.01. The summed E-state index contributed by atoms with van der Waals surface area (Å²) in [5.74, 6) is 1.10. The predicted molar refractivity (Wildman–Crippen MR) is 114 cm³/mol. The molecule has 7 heteroatoms. The lowest BCUT2D eigenvalue weighted by atomic mass is 10.1. The third-order valence-corrected chi connectivity index (χ3v) is 5.85. The standard InChI is InChI=1S/C22H22N4O2S/c1-2-15-5-7-17(8-6-15)21-23-22(25-24-21)29-14-19(27)16-9-11-18(12-10-16)26-13-3-4-20(26)28/h5-12H,2-4,13-14H2,1H3,(H,23,24,25). The van der Waals surface area contributed by atoms with Gasteiger partial charge in [-0.15, -0.1) is 5.10 Å². The molecule has 1 amide bonds. The Bertz CT molecular complexity index is 1010. The number of Topliss-reactive ketones (excluding diaryl/α,β-unsaturated/α-hetero) is 1. The highest BCUT2D eigenvalue weighted by atomic mass is 32.2. The van der Waals surface area contributed by atoms with Gasteiger partial charge in [-0.25, -0.2) is 4.98 Å². The molecule has 0 spiro atoms. The summed E-state index contributed by atoms with van der Waals surface area (Å²) < 4.78 is 0. The molecular formula is C22H22N4O2S. The molecule has 1 aromatic heterocycles. The average molecular weight is 407 g/mol. The van der Waals surface area contributed by atoms with Crippen LogP contribution in [-0.2, 0) is 11.2 Å². The highest BCUT2D eigenvalue weighted by molar-refractivity contribution is 7.99. The molecule has 1 N–H and O–H groups in total. The Kier molecular flexibility index (Phi) is 5.76. The number of aromatic amines is 1. The first-order valence-electron chi connectivity index (χ1n) is 9.72. The van der Waals surface area contributed by atoms with Crippen molar-refractivity contribution in [3.05, 3.63) is 59.7 Å². The van der Waals surface area contributed by atoms with Gasteiger partial charge in [0.1, 0.15) is 0 Å². The predicted octanol–water partition coefficient (Wildman–Crippen LogP) is 4.14. The van der Waals surface area contributed by atoms with Gasteiger partial charge in [-0.3, -0.25) is 14.7 Å². The van der Waals surface area contributed by atoms with Crippen molar-refractivity contribution in [1.29, 1.82) is 0 Å². The van der Waals surface area contributed by atoms with Crippen molar-refractivity contribution in [2.45, 2.75) is 31.3 Å². The van der Waals surface area contributed by atoms with Crippen LogP contribution in [-0.4, -0.2) is 39.2 Å². The topological polar surface area (TPSA) is 79.0 Å². The summed E-state index contributed by atoms with van der Waals surface area (Å²) in [5.41, 5.74) is 3.72. The van der Waals surface area contributed by atoms with Crippen molar-refractivity contribution < 1.29 is 9.59 Å². The lowest BCUT2D eigenvalue weighted by Crippen LogP contribution is -2.23. The van der Waals surface area contributed by atoms with E-state index >= 15 is 0 Å². The fraction of sp³-hybridized carbons (Fsp3) is 0.273. The maximum absolute atomic E-state index is 12.5. The summed E-state index contributed by atoms with van der Waals surface area (Å²) in [5, 5.41) is 7.69. The zero-order valence-corrected chi connectivity index (χ0v) is 17.0. The fourth-order valence-corrected chi connectivity index (χ4v) is 3.99. The number of nitrogens with zero attached hydrogens (tertiary/aromatic N) is 3. The number of hydrogen-bond acceptors (Lipinski definition) is 5. The summed E-state index contributed by atoms with van der Waals surface area (Å²) in [6, 6.07) is 15.4. The molecule has 4 rings (SSSR count). The quantitative estimate of drug-likeness (QED) is 0.471. The van der Waals surface area contributed by atoms with E-state index in [1.165, 1.54) is 17.3 Å². The number of rotatable bonds is 7. The molecule has 0 bridgehead atoms. The van der Waals surface area contributed by atoms with Gasteiger partial charge >= 0.3 is 0 Å². The van der Waals surface area contributed by atoms with Crippen LogP contribution in [0.3, 0.4) is 0 Å². The number of nitrogens with one attached hydrogen (secondary N) is 1. The number of anilines is 1. The van der Waals surface area contributed by atoms with Crippen molar-refractivity contribution in [2.75, 3.05) is 17.2 Å². The zero-order valence-electron chi connectivity index (χ0n) is 16.2. The van der Waals surface area contributed by atoms with Crippen molar-refractivity contribution in [2.24, 2.45) is 0 Å². The number of H-pyrrole nitrogens is 1. The molecule has 0 unspecified atom stereocenters. The minimum Gasteiger partial charge on any atom is -0.312 e. The van der Waals surface area contributed by atoms with Gasteiger partial charge < -0.3 is 4.90 Å². The molecule has 148 valence electrons. The number of ketones is 1. The van der Waals surface area contributed by atoms with Crippen LogP contribution in [0.5, 0.6) is 0 Å². The average Bonchev–Trinajstić information content (AvgIpc) is 3.41. The summed E-state index contributed by atoms with van der Waals surface area (Å²) >= 11 is 1.31. The molecule has 3 aromatic rings. The molecule has 0 radical (unpaired) electrons. The van der Waals surface area contributed by atoms with Crippen LogP contribution in [0.1, 0.15) is 35.7 Å². The minimum absolute atomic E-state index is 0.00736. The van der Waals surface area contributed by atoms with Crippen LogP contribution in [0.15, 0.2) is 53.7 Å². The van der Waals surface area contributed by atoms with Crippen LogP contribution >= 0.6 is 11.8 Å². The van der Waals surface area contributed by atoms with E-state index < -0.39 is 0 Å². The van der Waals surface area contributed by atoms with Crippen molar-refractivity contribution >= 4 is 29.1 Å². The number of hydrogen-bond donors (Lipinski definition) is 1. The molecule has 0 atom stereocenters. The first-order valence-corrected chi connectivity index (χ1v) is 10.7. The molecule has 6 nitrogen and oxygen atoms in total. The van der Waals surface area contributed by atoms with Gasteiger partial charge in [0.15, 0.2) is 11.6 Å². The molecule has 2 heterocycles. The largest absolute Gasteiger partial charge is 0.312 e. The molecule has 0 aliphatic carbocycles. The zero-order chi connectivity index (χ0) is 20.2. The van der Waals surface area contributed by atoms with Gasteiger partial charge in [0.2, 0.25) is 11.1 Å². The van der Waals surface area contributed by atoms with Crippen LogP contribution in [0.25, 0.3) is 11.4 Å². The van der Waals surface area contributed by atoms with Crippen LogP contribution < -0.4 is 4.90 Å². The monoisotopic (exact) mass is 406 g/mol. The highest BCUT2D eigenvalue weighted by Gasteiger charge is 2.21. The van der Waals surface area contributed by atoms with Gasteiger partial charge in [0, 0.05) is 29.8 Å². The summed E-state index contributed by atoms with van der Waals surface area (Å²) in [4.78, 5) is 30.6. The molecule has 1 aliphatic rings. The number of aromatic nitrogens is 3. The summed E-state index contributed by atoms with van der Waals surface area (Å²) in [6.45, 7) is 2.87. The van der Waals surface area contributed by atoms with E-state index in [1.54, 1.807) is 17.0 Å². The van der Waals surface area contributed by atoms with E-state index in [-0.39, 0.29) is 17.4 Å². The number of aryl methyl sites for hydroxylation is 1. The number of amides is 1. The SMILES string of the molecule is CCc1ccc(-c2nc(SCC(=O)c3ccc(N4CCCC4=O)cc3)n[nH]2)cc1. The van der Waals surface area contributed by atoms with E-state index in [0.29, 0.717) is 23.0 Å². The third kappa shape index (κ3) is 4.40. The molecule has 1 aliphatic heterocycles. The molecule has 1 fully saturated rings. The molecule has 0 saturated carbocycles. The van der Waals surface area contributed by atoms with Crippen molar-refractivity contribution in [1.82, 2.24) is 15.2 Å². The fourth-order valence-electron chi connectivity index (χ4n) is 3.30. The second-order valence-electron chi connectivity index (χ2n) is 6.92. The first-order chi connectivity index (χ1) is 14.1. The van der Waals surface area contributed by atoms with Gasteiger partial charge in [0.25, 0.3) is 0 Å². The van der Waals surface area contributed by atoms with E-state index in [2.05, 4.69) is 34.2 Å². The van der Waals surface area contributed by atoms with E-state index in [4.69, 9.17) is 0 Å². The number of thioether (sulfide) groups is 1. The molecule has 1 saturated heterocycles. The Balaban J connectivity index is 1.36. The van der Waals surface area contributed by atoms with Crippen LogP contribution in [0.4, 0.5) is 5.69 Å². The minimum atomic E-state index is 0.00736. The Labute approximate surface area is 173 Å². The lowest BCUT2D eigenvalue weighted by molar-refractivity contribution is -0.117. The van der Waals surface area contributed by atoms with E-state index in [0.717, 1.165) is 30.6 Å². The highest BCUT2D eigenvalue weighted by Crippen LogP contribution is 2.23. The maximum Gasteiger partial charge on any atom is 0.227 e. The Morgan fingerprint density at radius 2 is 1.90 bits per heavy atom. The normalized spacial score (nSPS) is 13.8. The van der Waals surface area contributed by atoms with Gasteiger partial charge in [0.05, 0.1) is 5.75 Å². The number of carbonyl (C=O) groups excluding carboxylic acids is 2. The van der Waals surface area contributed by atoms with E-state index in [9.17, 15) is 9.59 Å². The van der Waals surface area contributed by atoms with Crippen molar-refractivity contribution in [3.8, 4) is 11.4 Å². The smallest absolute Gasteiger partial charge is 0.227 e. The van der Waals surface area contributed by atoms with Gasteiger partial charge in [-0.2, -0.15) is 0 Å². The van der Waals surface area contributed by atoms with E-state index in [1.807, 2.05) is 24.3 Å². The molecule has 29 heavy (non-hydrogen) atoms. The van der Waals surface area contributed by atoms with Gasteiger partial charge in [-0.1, -0.05) is 43.0 Å². The molecule has 2 aromatic carbocycles. The second-order valence-corrected chi connectivity index (χ2v) is 7.87. The molecular weight excluding hydrogens is 384 g/mol. The first kappa shape index (κ1) is 19.4.